The van der Waals surface area contributed by atoms with Crippen molar-refractivity contribution in [1.29, 1.82) is 0 Å². The van der Waals surface area contributed by atoms with E-state index >= 15 is 0 Å². The van der Waals surface area contributed by atoms with Crippen LogP contribution in [0.15, 0.2) is 54.6 Å². The molecule has 0 unspecified atom stereocenters. The third kappa shape index (κ3) is 3.78. The number of benzene rings is 2. The minimum absolute atomic E-state index is 0.00783. The number of carbonyl (C=O) groups excluding carboxylic acids is 1. The number of para-hydroxylation sites is 1. The third-order valence-electron chi connectivity index (χ3n) is 3.78. The summed E-state index contributed by atoms with van der Waals surface area (Å²) >= 11 is 0. The lowest BCUT2D eigenvalue weighted by atomic mass is 10.2. The average Bonchev–Trinajstić information content (AvgIpc) is 2.84. The summed E-state index contributed by atoms with van der Waals surface area (Å²) in [5.74, 6) is -0.0493. The summed E-state index contributed by atoms with van der Waals surface area (Å²) in [4.78, 5) is 13.7. The van der Waals surface area contributed by atoms with Crippen LogP contribution >= 0.6 is 0 Å². The van der Waals surface area contributed by atoms with Gasteiger partial charge in [0.2, 0.25) is 15.9 Å². The Morgan fingerprint density at radius 1 is 1.00 bits per heavy atom. The van der Waals surface area contributed by atoms with Crippen molar-refractivity contribution in [3.05, 3.63) is 65.7 Å². The lowest BCUT2D eigenvalue weighted by molar-refractivity contribution is -0.117. The highest BCUT2D eigenvalue weighted by molar-refractivity contribution is 7.88. The third-order valence-corrected chi connectivity index (χ3v) is 5.14. The van der Waals surface area contributed by atoms with Gasteiger partial charge < -0.3 is 4.90 Å². The monoisotopic (exact) mass is 330 g/mol. The van der Waals surface area contributed by atoms with Gasteiger partial charge in [-0.25, -0.2) is 13.1 Å². The van der Waals surface area contributed by atoms with Crippen molar-refractivity contribution < 1.29 is 13.2 Å². The second-order valence-corrected chi connectivity index (χ2v) is 7.30. The molecule has 2 aromatic carbocycles. The zero-order chi connectivity index (χ0) is 16.3. The van der Waals surface area contributed by atoms with E-state index in [1.165, 1.54) is 0 Å². The van der Waals surface area contributed by atoms with Gasteiger partial charge in [-0.05, 0) is 17.2 Å². The molecule has 1 amide bonds. The van der Waals surface area contributed by atoms with Crippen LogP contribution in [0, 0.1) is 0 Å². The number of nitrogens with one attached hydrogen (secondary N) is 1. The normalized spacial score (nSPS) is 14.1. The van der Waals surface area contributed by atoms with E-state index in [0.717, 1.165) is 16.8 Å². The number of fused-ring (bicyclic) bond motifs is 1. The maximum Gasteiger partial charge on any atom is 0.231 e. The average molecular weight is 330 g/mol. The number of amides is 1. The summed E-state index contributed by atoms with van der Waals surface area (Å²) in [6.45, 7) is 0.541. The molecule has 23 heavy (non-hydrogen) atoms. The van der Waals surface area contributed by atoms with E-state index in [1.807, 2.05) is 42.5 Å². The molecule has 1 aliphatic rings. The molecule has 0 atom stereocenters. The van der Waals surface area contributed by atoms with Crippen LogP contribution in [0.2, 0.25) is 0 Å². The predicted octanol–water partition coefficient (Wildman–Crippen LogP) is 1.70. The first-order chi connectivity index (χ1) is 11.1. The Bertz CT molecular complexity index is 804. The molecule has 0 spiro atoms. The number of anilines is 1. The molecule has 0 fully saturated rings. The van der Waals surface area contributed by atoms with Gasteiger partial charge in [0.25, 0.3) is 0 Å². The highest BCUT2D eigenvalue weighted by Gasteiger charge is 2.26. The predicted molar refractivity (Wildman–Crippen MR) is 89.6 cm³/mol. The minimum Gasteiger partial charge on any atom is -0.311 e. The van der Waals surface area contributed by atoms with E-state index in [1.54, 1.807) is 17.0 Å². The zero-order valence-electron chi connectivity index (χ0n) is 12.6. The van der Waals surface area contributed by atoms with Crippen LogP contribution in [0.5, 0.6) is 0 Å². The Kier molecular flexibility index (Phi) is 4.45. The van der Waals surface area contributed by atoms with Crippen molar-refractivity contribution in [2.45, 2.75) is 12.2 Å². The van der Waals surface area contributed by atoms with Crippen LogP contribution in [0.3, 0.4) is 0 Å². The van der Waals surface area contributed by atoms with Gasteiger partial charge in [-0.1, -0.05) is 48.5 Å². The summed E-state index contributed by atoms with van der Waals surface area (Å²) in [6.07, 6.45) is 0.382. The molecule has 6 heteroatoms. The number of hydrogen-bond donors (Lipinski definition) is 1. The number of nitrogens with zero attached hydrogens (tertiary/aromatic N) is 1. The number of rotatable bonds is 6. The molecule has 1 heterocycles. The molecule has 2 aromatic rings. The minimum atomic E-state index is -3.41. The van der Waals surface area contributed by atoms with E-state index in [2.05, 4.69) is 4.72 Å². The Balaban J connectivity index is 1.58. The Hall–Kier alpha value is -2.18. The fourth-order valence-corrected chi connectivity index (χ4v) is 3.85. The molecule has 5 nitrogen and oxygen atoms in total. The van der Waals surface area contributed by atoms with E-state index in [4.69, 9.17) is 0 Å². The van der Waals surface area contributed by atoms with Crippen LogP contribution in [-0.4, -0.2) is 27.4 Å². The SMILES string of the molecule is O=C1Cc2ccccc2N1CCNS(=O)(=O)Cc1ccccc1. The first kappa shape index (κ1) is 15.7. The van der Waals surface area contributed by atoms with Gasteiger partial charge in [0.15, 0.2) is 0 Å². The standard InChI is InChI=1S/C17H18N2O3S/c20-17-12-15-8-4-5-9-16(15)19(17)11-10-18-23(21,22)13-14-6-2-1-3-7-14/h1-9,18H,10-13H2. The van der Waals surface area contributed by atoms with Crippen molar-refractivity contribution in [3.8, 4) is 0 Å². The van der Waals surface area contributed by atoms with Gasteiger partial charge in [0, 0.05) is 18.8 Å². The molecule has 120 valence electrons. The lowest BCUT2D eigenvalue weighted by Crippen LogP contribution is -2.37. The van der Waals surface area contributed by atoms with Gasteiger partial charge in [-0.2, -0.15) is 0 Å². The number of sulfonamides is 1. The van der Waals surface area contributed by atoms with Gasteiger partial charge in [0.05, 0.1) is 12.2 Å². The molecule has 0 saturated carbocycles. The molecule has 0 radical (unpaired) electrons. The van der Waals surface area contributed by atoms with Crippen LogP contribution in [0.1, 0.15) is 11.1 Å². The maximum atomic E-state index is 12.1. The van der Waals surface area contributed by atoms with Crippen LogP contribution in [0.25, 0.3) is 0 Å². The maximum absolute atomic E-state index is 12.1. The number of hydrogen-bond acceptors (Lipinski definition) is 3. The first-order valence-electron chi connectivity index (χ1n) is 7.45. The van der Waals surface area contributed by atoms with Crippen molar-refractivity contribution >= 4 is 21.6 Å². The Morgan fingerprint density at radius 3 is 2.48 bits per heavy atom. The molecule has 1 N–H and O–H groups in total. The molecule has 0 saturated heterocycles. The molecular weight excluding hydrogens is 312 g/mol. The van der Waals surface area contributed by atoms with E-state index in [-0.39, 0.29) is 18.2 Å². The topological polar surface area (TPSA) is 66.5 Å². The summed E-state index contributed by atoms with van der Waals surface area (Å²) in [6, 6.07) is 16.6. The Morgan fingerprint density at radius 2 is 1.70 bits per heavy atom. The second kappa shape index (κ2) is 6.52. The molecule has 0 bridgehead atoms. The fraction of sp³-hybridized carbons (Fsp3) is 0.235. The summed E-state index contributed by atoms with van der Waals surface area (Å²) in [7, 11) is -3.41. The fourth-order valence-electron chi connectivity index (χ4n) is 2.72. The van der Waals surface area contributed by atoms with Gasteiger partial charge in [-0.15, -0.1) is 0 Å². The molecule has 0 aromatic heterocycles. The van der Waals surface area contributed by atoms with Crippen LogP contribution < -0.4 is 9.62 Å². The summed E-state index contributed by atoms with van der Waals surface area (Å²) in [5, 5.41) is 0. The highest BCUT2D eigenvalue weighted by Crippen LogP contribution is 2.27. The zero-order valence-corrected chi connectivity index (χ0v) is 13.4. The van der Waals surface area contributed by atoms with Crippen molar-refractivity contribution in [2.75, 3.05) is 18.0 Å². The largest absolute Gasteiger partial charge is 0.311 e. The van der Waals surface area contributed by atoms with Crippen molar-refractivity contribution in [1.82, 2.24) is 4.72 Å². The van der Waals surface area contributed by atoms with Crippen molar-refractivity contribution in [3.63, 3.8) is 0 Å². The van der Waals surface area contributed by atoms with Gasteiger partial charge in [0.1, 0.15) is 0 Å². The first-order valence-corrected chi connectivity index (χ1v) is 9.10. The van der Waals surface area contributed by atoms with Gasteiger partial charge in [-0.3, -0.25) is 4.79 Å². The number of carbonyl (C=O) groups is 1. The highest BCUT2D eigenvalue weighted by atomic mass is 32.2. The summed E-state index contributed by atoms with van der Waals surface area (Å²) < 4.78 is 26.7. The molecule has 3 rings (SSSR count). The van der Waals surface area contributed by atoms with Crippen LogP contribution in [-0.2, 0) is 27.0 Å². The molecule has 0 aliphatic carbocycles. The van der Waals surface area contributed by atoms with E-state index in [0.29, 0.717) is 13.0 Å². The Labute approximate surface area is 136 Å². The molecular formula is C17H18N2O3S. The van der Waals surface area contributed by atoms with Crippen molar-refractivity contribution in [2.24, 2.45) is 0 Å². The van der Waals surface area contributed by atoms with Crippen LogP contribution in [0.4, 0.5) is 5.69 Å². The quantitative estimate of drug-likeness (QED) is 0.876. The lowest BCUT2D eigenvalue weighted by Gasteiger charge is -2.17. The van der Waals surface area contributed by atoms with E-state index in [9.17, 15) is 13.2 Å². The van der Waals surface area contributed by atoms with Gasteiger partial charge >= 0.3 is 0 Å². The second-order valence-electron chi connectivity index (χ2n) is 5.49. The van der Waals surface area contributed by atoms with E-state index < -0.39 is 10.0 Å². The summed E-state index contributed by atoms with van der Waals surface area (Å²) in [5.41, 5.74) is 2.60. The molecule has 1 aliphatic heterocycles. The smallest absolute Gasteiger partial charge is 0.231 e.